The minimum Gasteiger partial charge on any atom is -0.492 e. The Hall–Kier alpha value is -2.27. The molecule has 24 heavy (non-hydrogen) atoms. The lowest BCUT2D eigenvalue weighted by Crippen LogP contribution is -2.47. The summed E-state index contributed by atoms with van der Waals surface area (Å²) >= 11 is 0. The Labute approximate surface area is 145 Å². The van der Waals surface area contributed by atoms with E-state index in [1.54, 1.807) is 0 Å². The Kier molecular flexibility index (Phi) is 6.43. The van der Waals surface area contributed by atoms with Gasteiger partial charge in [-0.1, -0.05) is 56.0 Å². The molecule has 2 aromatic carbocycles. The average molecular weight is 343 g/mol. The van der Waals surface area contributed by atoms with Crippen LogP contribution in [0.3, 0.4) is 0 Å². The summed E-state index contributed by atoms with van der Waals surface area (Å²) in [6, 6.07) is 19.2. The van der Waals surface area contributed by atoms with Crippen LogP contribution in [0.2, 0.25) is 19.6 Å². The fourth-order valence-electron chi connectivity index (χ4n) is 2.34. The predicted octanol–water partition coefficient (Wildman–Crippen LogP) is 4.48. The van der Waals surface area contributed by atoms with E-state index in [1.165, 1.54) is 0 Å². The Morgan fingerprint density at radius 2 is 1.58 bits per heavy atom. The van der Waals surface area contributed by atoms with Gasteiger partial charge in [0, 0.05) is 11.9 Å². The molecular weight excluding hydrogens is 316 g/mol. The number of carbonyl (C=O) groups excluding carboxylic acids is 1. The molecule has 0 aliphatic carbocycles. The number of anilines is 1. The number of amides is 2. The van der Waals surface area contributed by atoms with E-state index in [0.29, 0.717) is 13.2 Å². The summed E-state index contributed by atoms with van der Waals surface area (Å²) in [7, 11) is -1.42. The van der Waals surface area contributed by atoms with Gasteiger partial charge in [0.05, 0.1) is 14.6 Å². The quantitative estimate of drug-likeness (QED) is 0.754. The van der Waals surface area contributed by atoms with Crippen LogP contribution in [-0.2, 0) is 0 Å². The maximum atomic E-state index is 12.6. The van der Waals surface area contributed by atoms with Gasteiger partial charge in [0.15, 0.2) is 0 Å². The molecule has 2 amide bonds. The highest BCUT2D eigenvalue weighted by Crippen LogP contribution is 2.11. The maximum absolute atomic E-state index is 12.6. The summed E-state index contributed by atoms with van der Waals surface area (Å²) in [6.45, 7) is 7.82. The molecule has 0 saturated heterocycles. The van der Waals surface area contributed by atoms with Crippen LogP contribution in [0.5, 0.6) is 5.75 Å². The monoisotopic (exact) mass is 342 g/mol. The SMILES string of the molecule is C[Si](C)(C)CN(CCOc1ccccc1)C(=O)Nc1ccccc1. The fraction of sp³-hybridized carbons (Fsp3) is 0.316. The molecular formula is C19H26N2O2Si. The number of ether oxygens (including phenoxy) is 1. The van der Waals surface area contributed by atoms with Crippen LogP contribution < -0.4 is 10.1 Å². The molecule has 0 aliphatic rings. The molecule has 2 aromatic rings. The van der Waals surface area contributed by atoms with E-state index < -0.39 is 8.07 Å². The van der Waals surface area contributed by atoms with Gasteiger partial charge >= 0.3 is 6.03 Å². The number of carbonyl (C=O) groups is 1. The number of hydrogen-bond donors (Lipinski definition) is 1. The molecule has 1 N–H and O–H groups in total. The molecule has 0 unspecified atom stereocenters. The van der Waals surface area contributed by atoms with Crippen molar-refractivity contribution in [1.82, 2.24) is 4.90 Å². The maximum Gasteiger partial charge on any atom is 0.321 e. The molecule has 0 saturated carbocycles. The van der Waals surface area contributed by atoms with Gasteiger partial charge in [-0.2, -0.15) is 0 Å². The van der Waals surface area contributed by atoms with Crippen molar-refractivity contribution in [2.45, 2.75) is 19.6 Å². The van der Waals surface area contributed by atoms with Gasteiger partial charge in [-0.05, 0) is 24.3 Å². The summed E-state index contributed by atoms with van der Waals surface area (Å²) in [4.78, 5) is 14.5. The van der Waals surface area contributed by atoms with E-state index in [2.05, 4.69) is 25.0 Å². The van der Waals surface area contributed by atoms with Crippen molar-refractivity contribution in [2.24, 2.45) is 0 Å². The van der Waals surface area contributed by atoms with Crippen LogP contribution in [0.1, 0.15) is 0 Å². The van der Waals surface area contributed by atoms with Crippen LogP contribution in [0, 0.1) is 0 Å². The molecule has 0 aliphatic heterocycles. The highest BCUT2D eigenvalue weighted by molar-refractivity contribution is 6.76. The van der Waals surface area contributed by atoms with E-state index >= 15 is 0 Å². The first kappa shape index (κ1) is 18.1. The number of nitrogens with zero attached hydrogens (tertiary/aromatic N) is 1. The van der Waals surface area contributed by atoms with Crippen molar-refractivity contribution in [3.05, 3.63) is 60.7 Å². The fourth-order valence-corrected chi connectivity index (χ4v) is 3.79. The van der Waals surface area contributed by atoms with Crippen molar-refractivity contribution in [1.29, 1.82) is 0 Å². The van der Waals surface area contributed by atoms with Gasteiger partial charge < -0.3 is 15.0 Å². The normalized spacial score (nSPS) is 11.0. The van der Waals surface area contributed by atoms with Crippen LogP contribution in [-0.4, -0.2) is 38.3 Å². The Balaban J connectivity index is 1.94. The molecule has 4 nitrogen and oxygen atoms in total. The molecule has 0 bridgehead atoms. The zero-order chi connectivity index (χ0) is 17.4. The van der Waals surface area contributed by atoms with E-state index in [0.717, 1.165) is 17.6 Å². The number of urea groups is 1. The molecule has 128 valence electrons. The topological polar surface area (TPSA) is 41.6 Å². The van der Waals surface area contributed by atoms with E-state index in [4.69, 9.17) is 4.74 Å². The van der Waals surface area contributed by atoms with Crippen LogP contribution in [0.4, 0.5) is 10.5 Å². The standard InChI is InChI=1S/C19H26N2O2Si/c1-24(2,3)16-21(14-15-23-18-12-8-5-9-13-18)19(22)20-17-10-6-4-7-11-17/h4-13H,14-16H2,1-3H3,(H,20,22). The molecule has 0 aromatic heterocycles. The summed E-state index contributed by atoms with van der Waals surface area (Å²) in [6.07, 6.45) is 0.795. The highest BCUT2D eigenvalue weighted by atomic mass is 28.3. The van der Waals surface area contributed by atoms with Crippen molar-refractivity contribution in [3.63, 3.8) is 0 Å². The average Bonchev–Trinajstić information content (AvgIpc) is 2.55. The third-order valence-corrected chi connectivity index (χ3v) is 4.68. The Bertz CT molecular complexity index is 627. The van der Waals surface area contributed by atoms with Gasteiger partial charge in [0.1, 0.15) is 12.4 Å². The highest BCUT2D eigenvalue weighted by Gasteiger charge is 2.22. The second kappa shape index (κ2) is 8.54. The largest absolute Gasteiger partial charge is 0.492 e. The van der Waals surface area contributed by atoms with Crippen LogP contribution in [0.25, 0.3) is 0 Å². The summed E-state index contributed by atoms with van der Waals surface area (Å²) < 4.78 is 5.75. The van der Waals surface area contributed by atoms with Gasteiger partial charge in [0.25, 0.3) is 0 Å². The molecule has 0 atom stereocenters. The molecule has 0 heterocycles. The number of benzene rings is 2. The first-order chi connectivity index (χ1) is 11.4. The lowest BCUT2D eigenvalue weighted by atomic mass is 10.3. The van der Waals surface area contributed by atoms with Crippen molar-refractivity contribution in [2.75, 3.05) is 24.6 Å². The van der Waals surface area contributed by atoms with Gasteiger partial charge in [-0.15, -0.1) is 0 Å². The Morgan fingerprint density at radius 1 is 1.00 bits per heavy atom. The molecule has 0 fully saturated rings. The van der Waals surface area contributed by atoms with Crippen molar-refractivity contribution in [3.8, 4) is 5.75 Å². The summed E-state index contributed by atoms with van der Waals surface area (Å²) in [5, 5.41) is 2.97. The summed E-state index contributed by atoms with van der Waals surface area (Å²) in [5.41, 5.74) is 0.812. The third-order valence-electron chi connectivity index (χ3n) is 3.35. The van der Waals surface area contributed by atoms with Crippen molar-refractivity contribution >= 4 is 19.8 Å². The molecule has 0 spiro atoms. The van der Waals surface area contributed by atoms with E-state index in [-0.39, 0.29) is 6.03 Å². The van der Waals surface area contributed by atoms with Crippen LogP contribution >= 0.6 is 0 Å². The number of nitrogens with one attached hydrogen (secondary N) is 1. The van der Waals surface area contributed by atoms with Gasteiger partial charge in [-0.25, -0.2) is 4.79 Å². The zero-order valence-electron chi connectivity index (χ0n) is 14.7. The Morgan fingerprint density at radius 3 is 2.17 bits per heavy atom. The minimum absolute atomic E-state index is 0.0692. The van der Waals surface area contributed by atoms with Gasteiger partial charge in [0.2, 0.25) is 0 Å². The lowest BCUT2D eigenvalue weighted by Gasteiger charge is -2.29. The third kappa shape index (κ3) is 6.46. The predicted molar refractivity (Wildman–Crippen MR) is 102 cm³/mol. The molecule has 0 radical (unpaired) electrons. The van der Waals surface area contributed by atoms with Gasteiger partial charge in [-0.3, -0.25) is 0 Å². The first-order valence-electron chi connectivity index (χ1n) is 8.23. The van der Waals surface area contributed by atoms with E-state index in [9.17, 15) is 4.79 Å². The smallest absolute Gasteiger partial charge is 0.321 e. The number of rotatable bonds is 7. The zero-order valence-corrected chi connectivity index (χ0v) is 15.7. The lowest BCUT2D eigenvalue weighted by molar-refractivity contribution is 0.203. The number of hydrogen-bond acceptors (Lipinski definition) is 2. The first-order valence-corrected chi connectivity index (χ1v) is 11.9. The summed E-state index contributed by atoms with van der Waals surface area (Å²) in [5.74, 6) is 0.828. The molecule has 2 rings (SSSR count). The second-order valence-electron chi connectivity index (χ2n) is 6.94. The van der Waals surface area contributed by atoms with E-state index in [1.807, 2.05) is 65.6 Å². The second-order valence-corrected chi connectivity index (χ2v) is 12.4. The molecule has 5 heteroatoms. The number of para-hydroxylation sites is 2. The minimum atomic E-state index is -1.42. The van der Waals surface area contributed by atoms with Crippen LogP contribution in [0.15, 0.2) is 60.7 Å². The van der Waals surface area contributed by atoms with Crippen molar-refractivity contribution < 1.29 is 9.53 Å².